The van der Waals surface area contributed by atoms with Gasteiger partial charge < -0.3 is 19.3 Å². The van der Waals surface area contributed by atoms with Gasteiger partial charge in [0.2, 0.25) is 11.8 Å². The zero-order chi connectivity index (χ0) is 19.9. The van der Waals surface area contributed by atoms with Crippen molar-refractivity contribution >= 4 is 11.8 Å². The van der Waals surface area contributed by atoms with Gasteiger partial charge in [0.25, 0.3) is 0 Å². The molecule has 148 valence electrons. The Kier molecular flexibility index (Phi) is 6.53. The van der Waals surface area contributed by atoms with Gasteiger partial charge in [-0.05, 0) is 31.0 Å². The summed E-state index contributed by atoms with van der Waals surface area (Å²) in [7, 11) is 1.60. The average Bonchev–Trinajstić information content (AvgIpc) is 2.73. The highest BCUT2D eigenvalue weighted by molar-refractivity contribution is 5.94. The highest BCUT2D eigenvalue weighted by Crippen LogP contribution is 2.19. The van der Waals surface area contributed by atoms with Gasteiger partial charge in [-0.1, -0.05) is 36.4 Å². The number of hydrogen-bond acceptors (Lipinski definition) is 4. The average molecular weight is 382 g/mol. The number of piperazine rings is 1. The normalized spacial score (nSPS) is 17.0. The van der Waals surface area contributed by atoms with E-state index in [2.05, 4.69) is 0 Å². The van der Waals surface area contributed by atoms with E-state index >= 15 is 0 Å². The summed E-state index contributed by atoms with van der Waals surface area (Å²) in [5.41, 5.74) is 1.16. The largest absolute Gasteiger partial charge is 0.497 e. The van der Waals surface area contributed by atoms with Crippen LogP contribution >= 0.6 is 0 Å². The standard InChI is InChI=1S/C22H26N2O4/c1-17-22(26)23(12-11-18-7-4-3-5-8-18)16-21(25)24(17)13-14-28-20-10-6-9-19(15-20)27-2/h3-10,15,17H,11-14,16H2,1-2H3/t17-/m1/s1. The first-order valence-electron chi connectivity index (χ1n) is 9.47. The SMILES string of the molecule is COc1cccc(OCCN2C(=O)CN(CCc3ccccc3)C(=O)[C@H]2C)c1. The van der Waals surface area contributed by atoms with E-state index in [-0.39, 0.29) is 18.4 Å². The number of amides is 2. The fourth-order valence-corrected chi connectivity index (χ4v) is 3.31. The summed E-state index contributed by atoms with van der Waals surface area (Å²) in [6, 6.07) is 16.8. The first-order chi connectivity index (χ1) is 13.6. The highest BCUT2D eigenvalue weighted by Gasteiger charge is 2.35. The molecule has 6 nitrogen and oxygen atoms in total. The van der Waals surface area contributed by atoms with Crippen molar-refractivity contribution in [3.05, 3.63) is 60.2 Å². The molecule has 2 aromatic rings. The van der Waals surface area contributed by atoms with Gasteiger partial charge >= 0.3 is 0 Å². The molecule has 1 saturated heterocycles. The predicted molar refractivity (Wildman–Crippen MR) is 106 cm³/mol. The minimum absolute atomic E-state index is 0.0167. The Morgan fingerprint density at radius 2 is 1.75 bits per heavy atom. The lowest BCUT2D eigenvalue weighted by atomic mass is 10.1. The summed E-state index contributed by atoms with van der Waals surface area (Å²) in [5.74, 6) is 1.32. The van der Waals surface area contributed by atoms with Crippen molar-refractivity contribution in [3.63, 3.8) is 0 Å². The first-order valence-corrected chi connectivity index (χ1v) is 9.47. The number of methoxy groups -OCH3 is 1. The number of hydrogen-bond donors (Lipinski definition) is 0. The molecule has 0 aliphatic carbocycles. The van der Waals surface area contributed by atoms with Crippen LogP contribution in [0.4, 0.5) is 0 Å². The monoisotopic (exact) mass is 382 g/mol. The topological polar surface area (TPSA) is 59.1 Å². The number of benzene rings is 2. The van der Waals surface area contributed by atoms with Crippen LogP contribution in [0.5, 0.6) is 11.5 Å². The molecular weight excluding hydrogens is 356 g/mol. The Labute approximate surface area is 165 Å². The van der Waals surface area contributed by atoms with E-state index in [9.17, 15) is 9.59 Å². The minimum atomic E-state index is -0.481. The van der Waals surface area contributed by atoms with Crippen LogP contribution < -0.4 is 9.47 Å². The van der Waals surface area contributed by atoms with Crippen LogP contribution in [0, 0.1) is 0 Å². The third-order valence-corrected chi connectivity index (χ3v) is 4.94. The molecule has 3 rings (SSSR count). The van der Waals surface area contributed by atoms with E-state index in [1.54, 1.807) is 29.9 Å². The Hall–Kier alpha value is -3.02. The third kappa shape index (κ3) is 4.82. The highest BCUT2D eigenvalue weighted by atomic mass is 16.5. The van der Waals surface area contributed by atoms with Crippen LogP contribution in [0.3, 0.4) is 0 Å². The summed E-state index contributed by atoms with van der Waals surface area (Å²) >= 11 is 0. The van der Waals surface area contributed by atoms with E-state index in [1.165, 1.54) is 0 Å². The van der Waals surface area contributed by atoms with Crippen LogP contribution in [0.2, 0.25) is 0 Å². The van der Waals surface area contributed by atoms with Gasteiger partial charge in [0.1, 0.15) is 24.1 Å². The summed E-state index contributed by atoms with van der Waals surface area (Å²) in [6.45, 7) is 3.14. The third-order valence-electron chi connectivity index (χ3n) is 4.94. The van der Waals surface area contributed by atoms with Gasteiger partial charge in [0.05, 0.1) is 20.2 Å². The van der Waals surface area contributed by atoms with Crippen molar-refractivity contribution in [1.82, 2.24) is 9.80 Å². The second-order valence-corrected chi connectivity index (χ2v) is 6.79. The molecule has 1 heterocycles. The van der Waals surface area contributed by atoms with Crippen molar-refractivity contribution in [2.24, 2.45) is 0 Å². The molecule has 1 fully saturated rings. The maximum atomic E-state index is 12.7. The lowest BCUT2D eigenvalue weighted by molar-refractivity contribution is -0.155. The Bertz CT molecular complexity index is 809. The molecule has 28 heavy (non-hydrogen) atoms. The van der Waals surface area contributed by atoms with Gasteiger partial charge in [-0.2, -0.15) is 0 Å². The Morgan fingerprint density at radius 3 is 2.50 bits per heavy atom. The van der Waals surface area contributed by atoms with Gasteiger partial charge in [0, 0.05) is 12.6 Å². The first kappa shape index (κ1) is 19.7. The molecule has 1 aliphatic rings. The van der Waals surface area contributed by atoms with Crippen LogP contribution in [0.1, 0.15) is 12.5 Å². The van der Waals surface area contributed by atoms with Crippen LogP contribution in [0.25, 0.3) is 0 Å². The van der Waals surface area contributed by atoms with Gasteiger partial charge in [-0.3, -0.25) is 9.59 Å². The number of carbonyl (C=O) groups is 2. The van der Waals surface area contributed by atoms with E-state index in [0.29, 0.717) is 31.2 Å². The molecular formula is C22H26N2O4. The predicted octanol–water partition coefficient (Wildman–Crippen LogP) is 2.38. The Balaban J connectivity index is 1.51. The van der Waals surface area contributed by atoms with Crippen molar-refractivity contribution in [2.75, 3.05) is 33.4 Å². The second-order valence-electron chi connectivity index (χ2n) is 6.79. The maximum Gasteiger partial charge on any atom is 0.245 e. The minimum Gasteiger partial charge on any atom is -0.497 e. The molecule has 2 aromatic carbocycles. The lowest BCUT2D eigenvalue weighted by Gasteiger charge is -2.38. The van der Waals surface area contributed by atoms with Crippen molar-refractivity contribution < 1.29 is 19.1 Å². The molecule has 0 saturated carbocycles. The van der Waals surface area contributed by atoms with E-state index in [4.69, 9.17) is 9.47 Å². The maximum absolute atomic E-state index is 12.7. The molecule has 0 N–H and O–H groups in total. The quantitative estimate of drug-likeness (QED) is 0.703. The molecule has 1 aliphatic heterocycles. The zero-order valence-electron chi connectivity index (χ0n) is 16.3. The summed E-state index contributed by atoms with van der Waals surface area (Å²) in [5, 5.41) is 0. The van der Waals surface area contributed by atoms with E-state index in [0.717, 1.165) is 12.0 Å². The molecule has 0 bridgehead atoms. The van der Waals surface area contributed by atoms with E-state index < -0.39 is 6.04 Å². The van der Waals surface area contributed by atoms with Gasteiger partial charge in [0.15, 0.2) is 0 Å². The number of rotatable bonds is 8. The lowest BCUT2D eigenvalue weighted by Crippen LogP contribution is -2.59. The molecule has 0 spiro atoms. The summed E-state index contributed by atoms with van der Waals surface area (Å²) in [4.78, 5) is 28.5. The number of carbonyl (C=O) groups excluding carboxylic acids is 2. The van der Waals surface area contributed by atoms with Gasteiger partial charge in [-0.15, -0.1) is 0 Å². The van der Waals surface area contributed by atoms with Crippen LogP contribution in [-0.4, -0.2) is 61.0 Å². The zero-order valence-corrected chi connectivity index (χ0v) is 16.3. The summed E-state index contributed by atoms with van der Waals surface area (Å²) in [6.07, 6.45) is 0.742. The van der Waals surface area contributed by atoms with Gasteiger partial charge in [-0.25, -0.2) is 0 Å². The van der Waals surface area contributed by atoms with Crippen molar-refractivity contribution in [3.8, 4) is 11.5 Å². The number of ether oxygens (including phenoxy) is 2. The molecule has 1 atom stereocenters. The number of nitrogens with zero attached hydrogens (tertiary/aromatic N) is 2. The van der Waals surface area contributed by atoms with E-state index in [1.807, 2.05) is 48.5 Å². The smallest absolute Gasteiger partial charge is 0.245 e. The van der Waals surface area contributed by atoms with Crippen molar-refractivity contribution in [2.45, 2.75) is 19.4 Å². The molecule has 6 heteroatoms. The Morgan fingerprint density at radius 1 is 1.00 bits per heavy atom. The molecule has 0 aromatic heterocycles. The van der Waals surface area contributed by atoms with Crippen molar-refractivity contribution in [1.29, 1.82) is 0 Å². The fraction of sp³-hybridized carbons (Fsp3) is 0.364. The molecule has 0 radical (unpaired) electrons. The summed E-state index contributed by atoms with van der Waals surface area (Å²) < 4.78 is 10.9. The fourth-order valence-electron chi connectivity index (χ4n) is 3.31. The van der Waals surface area contributed by atoms with Crippen LogP contribution in [-0.2, 0) is 16.0 Å². The molecule has 2 amide bonds. The molecule has 0 unspecified atom stereocenters. The second kappa shape index (κ2) is 9.26. The van der Waals surface area contributed by atoms with Crippen LogP contribution in [0.15, 0.2) is 54.6 Å².